The van der Waals surface area contributed by atoms with Crippen LogP contribution in [0, 0.1) is 5.82 Å². The van der Waals surface area contributed by atoms with Gasteiger partial charge >= 0.3 is 0 Å². The molecule has 9 nitrogen and oxygen atoms in total. The summed E-state index contributed by atoms with van der Waals surface area (Å²) in [5.41, 5.74) is 2.93. The molecule has 6 rings (SSSR count). The molecular weight excluding hydrogens is 617 g/mol. The maximum atomic E-state index is 14.4. The third kappa shape index (κ3) is 8.70. The average Bonchev–Trinajstić information content (AvgIpc) is 3.34. The first kappa shape index (κ1) is 33.0. The van der Waals surface area contributed by atoms with Gasteiger partial charge in [0.2, 0.25) is 11.8 Å². The smallest absolute Gasteiger partial charge is 0.257 e. The average molecular weight is 660 g/mol. The van der Waals surface area contributed by atoms with Gasteiger partial charge in [-0.1, -0.05) is 31.0 Å². The Labute approximate surface area is 279 Å². The second-order valence-electron chi connectivity index (χ2n) is 12.7. The van der Waals surface area contributed by atoms with Crippen LogP contribution in [0.2, 0.25) is 0 Å². The van der Waals surface area contributed by atoms with Crippen molar-refractivity contribution in [1.82, 2.24) is 20.5 Å². The predicted molar refractivity (Wildman–Crippen MR) is 183 cm³/mol. The van der Waals surface area contributed by atoms with E-state index < -0.39 is 11.7 Å². The fourth-order valence-electron chi connectivity index (χ4n) is 6.61. The molecular formula is C36H42FN5O4S. The number of thioether (sulfide) groups is 1. The molecule has 2 amide bonds. The molecule has 47 heavy (non-hydrogen) atoms. The molecule has 3 N–H and O–H groups in total. The maximum Gasteiger partial charge on any atom is 0.257 e. The lowest BCUT2D eigenvalue weighted by Gasteiger charge is -2.30. The lowest BCUT2D eigenvalue weighted by molar-refractivity contribution is -0.122. The number of aromatic nitrogens is 1. The second-order valence-corrected chi connectivity index (χ2v) is 13.9. The maximum absolute atomic E-state index is 14.4. The molecule has 3 aromatic rings. The van der Waals surface area contributed by atoms with Gasteiger partial charge in [0.1, 0.15) is 28.9 Å². The normalized spacial score (nSPS) is 21.8. The molecule has 1 aliphatic carbocycles. The first-order valence-corrected chi connectivity index (χ1v) is 17.6. The summed E-state index contributed by atoms with van der Waals surface area (Å²) >= 11 is 1.60. The Hall–Kier alpha value is -3.96. The molecule has 11 heteroatoms. The van der Waals surface area contributed by atoms with Gasteiger partial charge in [-0.15, -0.1) is 11.8 Å². The number of aliphatic imine (C=N–C) groups is 1. The van der Waals surface area contributed by atoms with E-state index >= 15 is 0 Å². The van der Waals surface area contributed by atoms with Crippen LogP contribution in [0.15, 0.2) is 59.7 Å². The van der Waals surface area contributed by atoms with E-state index in [0.29, 0.717) is 24.3 Å². The summed E-state index contributed by atoms with van der Waals surface area (Å²) in [6, 6.07) is 13.7. The van der Waals surface area contributed by atoms with E-state index in [1.807, 2.05) is 37.3 Å². The van der Waals surface area contributed by atoms with E-state index in [-0.39, 0.29) is 41.2 Å². The van der Waals surface area contributed by atoms with Crippen molar-refractivity contribution in [1.29, 1.82) is 0 Å². The van der Waals surface area contributed by atoms with Crippen molar-refractivity contribution in [2.75, 3.05) is 18.8 Å². The van der Waals surface area contributed by atoms with Crippen molar-refractivity contribution in [2.45, 2.75) is 83.0 Å². The molecule has 1 unspecified atom stereocenters. The van der Waals surface area contributed by atoms with Crippen molar-refractivity contribution in [3.05, 3.63) is 71.7 Å². The third-order valence-electron chi connectivity index (χ3n) is 9.10. The number of hydrogen-bond acceptors (Lipinski definition) is 8. The fourth-order valence-corrected chi connectivity index (χ4v) is 7.43. The Bertz CT molecular complexity index is 1620. The summed E-state index contributed by atoms with van der Waals surface area (Å²) in [6.45, 7) is 4.72. The number of aromatic hydroxyl groups is 1. The first-order chi connectivity index (χ1) is 22.8. The summed E-state index contributed by atoms with van der Waals surface area (Å²) in [6.07, 6.45) is 8.71. The number of hydrogen-bond donors (Lipinski definition) is 3. The molecule has 1 atom stereocenters. The van der Waals surface area contributed by atoms with Crippen LogP contribution in [0.5, 0.6) is 17.4 Å². The highest BCUT2D eigenvalue weighted by atomic mass is 32.2. The van der Waals surface area contributed by atoms with Gasteiger partial charge in [-0.25, -0.2) is 9.37 Å². The number of pyridine rings is 1. The zero-order valence-electron chi connectivity index (χ0n) is 26.7. The number of halogens is 1. The quantitative estimate of drug-likeness (QED) is 0.242. The predicted octanol–water partition coefficient (Wildman–Crippen LogP) is 6.45. The molecule has 2 aromatic carbocycles. The molecule has 2 aliphatic heterocycles. The highest BCUT2D eigenvalue weighted by Crippen LogP contribution is 2.33. The topological polar surface area (TPSA) is 116 Å². The highest BCUT2D eigenvalue weighted by molar-refractivity contribution is 8.14. The molecule has 0 spiro atoms. The largest absolute Gasteiger partial charge is 0.508 e. The zero-order chi connectivity index (χ0) is 32.8. The molecule has 0 radical (unpaired) electrons. The molecule has 248 valence electrons. The molecule has 1 saturated carbocycles. The zero-order valence-corrected chi connectivity index (χ0v) is 27.5. The molecule has 1 aromatic heterocycles. The third-order valence-corrected chi connectivity index (χ3v) is 10.1. The minimum absolute atomic E-state index is 0.0165. The standard InChI is InChI=1S/C36H42FN5O4S/c1-23-39-33(22-47-23)35(45)41-28-11-9-27(10-12-28)40-34(44)32-19-26(37)20-38-36(32)46-30-8-6-7-24(18-30)31-14-13-29(43)17-25(31)21-42-15-4-2-3-5-16-42/h6-8,13-14,17-20,27-28,33,43H,2-5,9-12,15-16,21-22H2,1H3,(H,40,44)(H,41,45)/t27-,28+,33?. The number of phenolic OH excluding ortho intramolecular Hbond substituents is 1. The number of ether oxygens (including phenoxy) is 1. The fraction of sp³-hybridized carbons (Fsp3) is 0.444. The Balaban J connectivity index is 1.11. The van der Waals surface area contributed by atoms with Crippen LogP contribution in [-0.2, 0) is 11.3 Å². The summed E-state index contributed by atoms with van der Waals surface area (Å²) in [5, 5.41) is 17.4. The lowest BCUT2D eigenvalue weighted by Crippen LogP contribution is -2.46. The van der Waals surface area contributed by atoms with Crippen LogP contribution in [0.3, 0.4) is 0 Å². The van der Waals surface area contributed by atoms with Crippen LogP contribution in [0.1, 0.15) is 74.2 Å². The van der Waals surface area contributed by atoms with Gasteiger partial charge in [0, 0.05) is 24.4 Å². The van der Waals surface area contributed by atoms with E-state index in [0.717, 1.165) is 66.5 Å². The first-order valence-electron chi connectivity index (χ1n) is 16.6. The Morgan fingerprint density at radius 2 is 1.74 bits per heavy atom. The monoisotopic (exact) mass is 659 g/mol. The second kappa shape index (κ2) is 15.3. The van der Waals surface area contributed by atoms with E-state index in [4.69, 9.17) is 4.74 Å². The Morgan fingerprint density at radius 3 is 2.47 bits per heavy atom. The highest BCUT2D eigenvalue weighted by Gasteiger charge is 2.29. The number of likely N-dealkylation sites (tertiary alicyclic amines) is 1. The summed E-state index contributed by atoms with van der Waals surface area (Å²) < 4.78 is 20.5. The number of rotatable bonds is 9. The molecule has 3 heterocycles. The van der Waals surface area contributed by atoms with Gasteiger partial charge < -0.3 is 20.5 Å². The van der Waals surface area contributed by atoms with Gasteiger partial charge in [-0.3, -0.25) is 19.5 Å². The van der Waals surface area contributed by atoms with Crippen molar-refractivity contribution >= 4 is 28.6 Å². The van der Waals surface area contributed by atoms with E-state index in [9.17, 15) is 19.1 Å². The number of benzene rings is 2. The van der Waals surface area contributed by atoms with Gasteiger partial charge in [0.15, 0.2) is 0 Å². The SMILES string of the molecule is CC1=NC(C(=O)N[C@H]2CC[C@@H](NC(=O)c3cc(F)cnc3Oc3cccc(-c4ccc(O)cc4CN4CCCCCC4)c3)CC2)CS1. The van der Waals surface area contributed by atoms with Crippen molar-refractivity contribution in [3.8, 4) is 28.5 Å². The summed E-state index contributed by atoms with van der Waals surface area (Å²) in [7, 11) is 0. The van der Waals surface area contributed by atoms with E-state index in [1.165, 1.54) is 25.7 Å². The van der Waals surface area contributed by atoms with Gasteiger partial charge in [0.05, 0.1) is 11.2 Å². The van der Waals surface area contributed by atoms with E-state index in [2.05, 4.69) is 25.5 Å². The molecule has 1 saturated heterocycles. The number of carbonyl (C=O) groups is 2. The molecule has 0 bridgehead atoms. The van der Waals surface area contributed by atoms with Crippen molar-refractivity contribution < 1.29 is 23.8 Å². The van der Waals surface area contributed by atoms with Crippen LogP contribution >= 0.6 is 11.8 Å². The minimum Gasteiger partial charge on any atom is -0.508 e. The van der Waals surface area contributed by atoms with Crippen LogP contribution in [-0.4, -0.2) is 68.8 Å². The number of phenols is 1. The van der Waals surface area contributed by atoms with Crippen LogP contribution in [0.4, 0.5) is 4.39 Å². The van der Waals surface area contributed by atoms with Crippen molar-refractivity contribution in [3.63, 3.8) is 0 Å². The minimum atomic E-state index is -0.632. The van der Waals surface area contributed by atoms with Crippen LogP contribution < -0.4 is 15.4 Å². The molecule has 3 aliphatic rings. The Kier molecular flexibility index (Phi) is 10.7. The van der Waals surface area contributed by atoms with Gasteiger partial charge in [-0.2, -0.15) is 0 Å². The molecule has 2 fully saturated rings. The Morgan fingerprint density at radius 1 is 1.00 bits per heavy atom. The number of nitrogens with zero attached hydrogens (tertiary/aromatic N) is 3. The van der Waals surface area contributed by atoms with Crippen LogP contribution in [0.25, 0.3) is 11.1 Å². The summed E-state index contributed by atoms with van der Waals surface area (Å²) in [4.78, 5) is 36.9. The van der Waals surface area contributed by atoms with Gasteiger partial charge in [-0.05, 0) is 106 Å². The number of nitrogens with one attached hydrogen (secondary N) is 2. The summed E-state index contributed by atoms with van der Waals surface area (Å²) in [5.74, 6) is 0.245. The number of carbonyl (C=O) groups excluding carboxylic acids is 2. The lowest BCUT2D eigenvalue weighted by atomic mass is 9.90. The van der Waals surface area contributed by atoms with E-state index in [1.54, 1.807) is 23.9 Å². The van der Waals surface area contributed by atoms with Crippen molar-refractivity contribution in [2.24, 2.45) is 4.99 Å². The number of amides is 2. The van der Waals surface area contributed by atoms with Gasteiger partial charge in [0.25, 0.3) is 5.91 Å².